The van der Waals surface area contributed by atoms with E-state index in [9.17, 15) is 5.11 Å². The minimum atomic E-state index is -1.19. The van der Waals surface area contributed by atoms with E-state index in [4.69, 9.17) is 0 Å². The number of pyridine rings is 1. The quantitative estimate of drug-likeness (QED) is 0.745. The Balaban J connectivity index is 2.20. The molecule has 2 heterocycles. The van der Waals surface area contributed by atoms with Crippen molar-refractivity contribution in [3.05, 3.63) is 60.4 Å². The van der Waals surface area contributed by atoms with Crippen LogP contribution < -0.4 is 0 Å². The summed E-state index contributed by atoms with van der Waals surface area (Å²) < 4.78 is 1.59. The van der Waals surface area contributed by atoms with Gasteiger partial charge in [0.25, 0.3) is 0 Å². The van der Waals surface area contributed by atoms with Crippen LogP contribution in [0.2, 0.25) is 0 Å². The zero-order valence-corrected chi connectivity index (χ0v) is 9.99. The summed E-state index contributed by atoms with van der Waals surface area (Å²) in [5.41, 5.74) is 1.19. The van der Waals surface area contributed by atoms with Crippen LogP contribution in [0.4, 0.5) is 0 Å². The maximum Gasteiger partial charge on any atom is 0.181 e. The maximum absolute atomic E-state index is 10.7. The number of hydrogen-bond donors (Lipinski definition) is 1. The second-order valence-corrected chi connectivity index (χ2v) is 4.35. The fourth-order valence-corrected chi connectivity index (χ4v) is 2.09. The standard InChI is InChI=1S/C14H13N3O/c1-14(18,11-6-3-2-4-7-11)17-13-8-5-9-15-12(13)10-16-17/h2-10,18H,1H3. The average molecular weight is 239 g/mol. The summed E-state index contributed by atoms with van der Waals surface area (Å²) in [6.07, 6.45) is 3.37. The lowest BCUT2D eigenvalue weighted by molar-refractivity contribution is 0.0174. The first-order chi connectivity index (χ1) is 8.69. The van der Waals surface area contributed by atoms with Crippen molar-refractivity contribution in [1.82, 2.24) is 14.8 Å². The maximum atomic E-state index is 10.7. The summed E-state index contributed by atoms with van der Waals surface area (Å²) in [5.74, 6) is 0. The lowest BCUT2D eigenvalue weighted by atomic mass is 10.1. The highest BCUT2D eigenvalue weighted by Crippen LogP contribution is 2.25. The van der Waals surface area contributed by atoms with Crippen LogP contribution in [0.25, 0.3) is 11.0 Å². The van der Waals surface area contributed by atoms with E-state index in [-0.39, 0.29) is 0 Å². The predicted octanol–water partition coefficient (Wildman–Crippen LogP) is 2.14. The smallest absolute Gasteiger partial charge is 0.181 e. The first-order valence-electron chi connectivity index (χ1n) is 5.77. The molecule has 1 unspecified atom stereocenters. The first-order valence-corrected chi connectivity index (χ1v) is 5.77. The van der Waals surface area contributed by atoms with Crippen LogP contribution >= 0.6 is 0 Å². The van der Waals surface area contributed by atoms with Gasteiger partial charge in [-0.25, -0.2) is 4.68 Å². The fourth-order valence-electron chi connectivity index (χ4n) is 2.09. The van der Waals surface area contributed by atoms with Crippen LogP contribution in [0.15, 0.2) is 54.9 Å². The number of aromatic nitrogens is 3. The summed E-state index contributed by atoms with van der Waals surface area (Å²) >= 11 is 0. The molecule has 0 saturated carbocycles. The molecule has 0 bridgehead atoms. The molecule has 90 valence electrons. The average Bonchev–Trinajstić information content (AvgIpc) is 2.84. The third-order valence-electron chi connectivity index (χ3n) is 3.07. The highest BCUT2D eigenvalue weighted by Gasteiger charge is 2.27. The van der Waals surface area contributed by atoms with Crippen LogP contribution in [0.1, 0.15) is 12.5 Å². The van der Waals surface area contributed by atoms with Gasteiger partial charge in [-0.2, -0.15) is 5.10 Å². The molecule has 2 aromatic heterocycles. The van der Waals surface area contributed by atoms with E-state index >= 15 is 0 Å². The third kappa shape index (κ3) is 1.58. The monoisotopic (exact) mass is 239 g/mol. The van der Waals surface area contributed by atoms with Gasteiger partial charge in [-0.15, -0.1) is 0 Å². The largest absolute Gasteiger partial charge is 0.366 e. The molecule has 0 aliphatic carbocycles. The summed E-state index contributed by atoms with van der Waals surface area (Å²) in [6, 6.07) is 13.2. The molecule has 3 aromatic rings. The number of fused-ring (bicyclic) bond motifs is 1. The molecule has 0 saturated heterocycles. The van der Waals surface area contributed by atoms with Crippen molar-refractivity contribution in [3.63, 3.8) is 0 Å². The van der Waals surface area contributed by atoms with Gasteiger partial charge in [0.15, 0.2) is 5.72 Å². The van der Waals surface area contributed by atoms with Gasteiger partial charge in [-0.3, -0.25) is 4.98 Å². The highest BCUT2D eigenvalue weighted by molar-refractivity contribution is 5.74. The van der Waals surface area contributed by atoms with Crippen molar-refractivity contribution in [2.24, 2.45) is 0 Å². The minimum absolute atomic E-state index is 0.772. The second kappa shape index (κ2) is 3.92. The molecule has 0 amide bonds. The van der Waals surface area contributed by atoms with E-state index < -0.39 is 5.72 Å². The van der Waals surface area contributed by atoms with E-state index in [1.807, 2.05) is 42.5 Å². The van der Waals surface area contributed by atoms with Gasteiger partial charge in [0, 0.05) is 11.8 Å². The number of hydrogen-bond acceptors (Lipinski definition) is 3. The summed E-state index contributed by atoms with van der Waals surface area (Å²) in [5, 5.41) is 15.0. The molecular weight excluding hydrogens is 226 g/mol. The van der Waals surface area contributed by atoms with E-state index in [1.165, 1.54) is 0 Å². The normalized spacial score (nSPS) is 14.6. The van der Waals surface area contributed by atoms with Gasteiger partial charge in [0.1, 0.15) is 5.52 Å². The van der Waals surface area contributed by atoms with Gasteiger partial charge < -0.3 is 5.11 Å². The van der Waals surface area contributed by atoms with Gasteiger partial charge in [0.05, 0.1) is 11.7 Å². The van der Waals surface area contributed by atoms with Crippen molar-refractivity contribution < 1.29 is 5.11 Å². The van der Waals surface area contributed by atoms with Crippen LogP contribution in [-0.2, 0) is 5.72 Å². The third-order valence-corrected chi connectivity index (χ3v) is 3.07. The molecule has 4 nitrogen and oxygen atoms in total. The number of benzene rings is 1. The molecule has 3 rings (SSSR count). The molecule has 0 radical (unpaired) electrons. The van der Waals surface area contributed by atoms with Crippen LogP contribution in [-0.4, -0.2) is 19.9 Å². The summed E-state index contributed by atoms with van der Waals surface area (Å²) in [4.78, 5) is 4.21. The topological polar surface area (TPSA) is 50.9 Å². The van der Waals surface area contributed by atoms with Gasteiger partial charge in [-0.05, 0) is 19.1 Å². The molecule has 18 heavy (non-hydrogen) atoms. The lowest BCUT2D eigenvalue weighted by Gasteiger charge is -2.25. The highest BCUT2D eigenvalue weighted by atomic mass is 16.3. The van der Waals surface area contributed by atoms with E-state index in [2.05, 4.69) is 10.1 Å². The van der Waals surface area contributed by atoms with Crippen LogP contribution in [0, 0.1) is 0 Å². The van der Waals surface area contributed by atoms with Crippen LogP contribution in [0.5, 0.6) is 0 Å². The molecule has 0 aliphatic rings. The number of aliphatic hydroxyl groups is 1. The van der Waals surface area contributed by atoms with Gasteiger partial charge in [0.2, 0.25) is 0 Å². The van der Waals surface area contributed by atoms with Crippen molar-refractivity contribution in [3.8, 4) is 0 Å². The summed E-state index contributed by atoms with van der Waals surface area (Å²) in [6.45, 7) is 1.72. The molecule has 4 heteroatoms. The van der Waals surface area contributed by atoms with Crippen molar-refractivity contribution in [2.75, 3.05) is 0 Å². The van der Waals surface area contributed by atoms with Crippen molar-refractivity contribution >= 4 is 11.0 Å². The summed E-state index contributed by atoms with van der Waals surface area (Å²) in [7, 11) is 0. The molecule has 1 aromatic carbocycles. The Morgan fingerprint density at radius 3 is 2.67 bits per heavy atom. The number of rotatable bonds is 2. The van der Waals surface area contributed by atoms with Crippen molar-refractivity contribution in [1.29, 1.82) is 0 Å². The van der Waals surface area contributed by atoms with E-state index in [0.29, 0.717) is 0 Å². The SMILES string of the molecule is CC(O)(c1ccccc1)n1ncc2ncccc21. The first kappa shape index (κ1) is 10.9. The number of nitrogens with zero attached hydrogens (tertiary/aromatic N) is 3. The molecule has 1 atom stereocenters. The Hall–Kier alpha value is -2.20. The molecular formula is C14H13N3O. The van der Waals surface area contributed by atoms with Crippen molar-refractivity contribution in [2.45, 2.75) is 12.6 Å². The zero-order valence-electron chi connectivity index (χ0n) is 9.99. The second-order valence-electron chi connectivity index (χ2n) is 4.35. The Labute approximate surface area is 105 Å². The molecule has 0 spiro atoms. The Morgan fingerprint density at radius 1 is 1.11 bits per heavy atom. The predicted molar refractivity (Wildman–Crippen MR) is 68.9 cm³/mol. The minimum Gasteiger partial charge on any atom is -0.366 e. The molecule has 1 N–H and O–H groups in total. The van der Waals surface area contributed by atoms with E-state index in [1.54, 1.807) is 24.0 Å². The van der Waals surface area contributed by atoms with Gasteiger partial charge in [-0.1, -0.05) is 30.3 Å². The fraction of sp³-hybridized carbons (Fsp3) is 0.143. The van der Waals surface area contributed by atoms with E-state index in [0.717, 1.165) is 16.6 Å². The molecule has 0 fully saturated rings. The van der Waals surface area contributed by atoms with Gasteiger partial charge >= 0.3 is 0 Å². The Morgan fingerprint density at radius 2 is 1.89 bits per heavy atom. The lowest BCUT2D eigenvalue weighted by Crippen LogP contribution is -2.31. The van der Waals surface area contributed by atoms with Crippen LogP contribution in [0.3, 0.4) is 0 Å². The molecule has 0 aliphatic heterocycles. The Bertz CT molecular complexity index is 674. The Kier molecular flexibility index (Phi) is 2.38. The zero-order chi connectivity index (χ0) is 12.6.